The van der Waals surface area contributed by atoms with Crippen molar-refractivity contribution in [3.63, 3.8) is 0 Å². The van der Waals surface area contributed by atoms with Gasteiger partial charge in [0.1, 0.15) is 11.6 Å². The molecule has 3 aromatic rings. The fraction of sp³-hybridized carbons (Fsp3) is 0.300. The molecule has 0 aliphatic carbocycles. The molecule has 1 N–H and O–H groups in total. The molecule has 138 valence electrons. The van der Waals surface area contributed by atoms with Gasteiger partial charge in [0, 0.05) is 25.7 Å². The van der Waals surface area contributed by atoms with Crippen LogP contribution in [-0.2, 0) is 18.4 Å². The lowest BCUT2D eigenvalue weighted by Gasteiger charge is -2.32. The van der Waals surface area contributed by atoms with Gasteiger partial charge in [0.15, 0.2) is 0 Å². The van der Waals surface area contributed by atoms with Gasteiger partial charge in [0.25, 0.3) is 5.91 Å². The minimum Gasteiger partial charge on any atom is -0.340 e. The van der Waals surface area contributed by atoms with Crippen molar-refractivity contribution >= 4 is 22.8 Å². The topological polar surface area (TPSA) is 80.1 Å². The summed E-state index contributed by atoms with van der Waals surface area (Å²) in [6.45, 7) is 1.28. The Hall–Kier alpha value is -3.22. The molecule has 27 heavy (non-hydrogen) atoms. The molecule has 7 heteroatoms. The SMILES string of the molecule is Cn1nnc2cc(C(=O)NC3CCCN(Cc4ccccc4)C3=O)ccc21. The Kier molecular flexibility index (Phi) is 4.58. The predicted octanol–water partition coefficient (Wildman–Crippen LogP) is 1.89. The number of hydrogen-bond donors (Lipinski definition) is 1. The van der Waals surface area contributed by atoms with Crippen LogP contribution in [-0.4, -0.2) is 44.3 Å². The lowest BCUT2D eigenvalue weighted by Crippen LogP contribution is -2.51. The predicted molar refractivity (Wildman–Crippen MR) is 101 cm³/mol. The summed E-state index contributed by atoms with van der Waals surface area (Å²) in [4.78, 5) is 27.3. The largest absolute Gasteiger partial charge is 0.340 e. The summed E-state index contributed by atoms with van der Waals surface area (Å²) >= 11 is 0. The van der Waals surface area contributed by atoms with E-state index in [4.69, 9.17) is 0 Å². The Labute approximate surface area is 157 Å². The van der Waals surface area contributed by atoms with Gasteiger partial charge in [-0.2, -0.15) is 0 Å². The highest BCUT2D eigenvalue weighted by Gasteiger charge is 2.30. The molecule has 1 saturated heterocycles. The van der Waals surface area contributed by atoms with E-state index in [1.165, 1.54) is 0 Å². The van der Waals surface area contributed by atoms with Crippen molar-refractivity contribution < 1.29 is 9.59 Å². The maximum Gasteiger partial charge on any atom is 0.252 e. The van der Waals surface area contributed by atoms with Gasteiger partial charge >= 0.3 is 0 Å². The highest BCUT2D eigenvalue weighted by atomic mass is 16.2. The molecule has 1 aliphatic heterocycles. The number of fused-ring (bicyclic) bond motifs is 1. The summed E-state index contributed by atoms with van der Waals surface area (Å²) < 4.78 is 1.66. The molecule has 1 atom stereocenters. The zero-order valence-corrected chi connectivity index (χ0v) is 15.1. The first kappa shape index (κ1) is 17.2. The molecule has 2 heterocycles. The lowest BCUT2D eigenvalue weighted by molar-refractivity contribution is -0.136. The van der Waals surface area contributed by atoms with Gasteiger partial charge in [-0.25, -0.2) is 4.68 Å². The van der Waals surface area contributed by atoms with E-state index in [2.05, 4.69) is 15.6 Å². The average Bonchev–Trinajstić information content (AvgIpc) is 3.06. The fourth-order valence-electron chi connectivity index (χ4n) is 3.46. The van der Waals surface area contributed by atoms with Crippen LogP contribution in [0, 0.1) is 0 Å². The Morgan fingerprint density at radius 1 is 1.22 bits per heavy atom. The first-order chi connectivity index (χ1) is 13.1. The molecule has 0 radical (unpaired) electrons. The molecule has 2 amide bonds. The van der Waals surface area contributed by atoms with Crippen molar-refractivity contribution in [1.29, 1.82) is 0 Å². The number of nitrogens with zero attached hydrogens (tertiary/aromatic N) is 4. The second-order valence-electron chi connectivity index (χ2n) is 6.83. The van der Waals surface area contributed by atoms with Gasteiger partial charge < -0.3 is 10.2 Å². The number of piperidine rings is 1. The number of likely N-dealkylation sites (tertiary alicyclic amines) is 1. The lowest BCUT2D eigenvalue weighted by atomic mass is 10.0. The molecule has 2 aromatic carbocycles. The van der Waals surface area contributed by atoms with Crippen molar-refractivity contribution in [2.24, 2.45) is 7.05 Å². The highest BCUT2D eigenvalue weighted by Crippen LogP contribution is 2.17. The third kappa shape index (κ3) is 3.53. The number of carbonyl (C=O) groups is 2. The van der Waals surface area contributed by atoms with Crippen LogP contribution in [0.2, 0.25) is 0 Å². The smallest absolute Gasteiger partial charge is 0.252 e. The van der Waals surface area contributed by atoms with Crippen LogP contribution in [0.3, 0.4) is 0 Å². The third-order valence-corrected chi connectivity index (χ3v) is 4.93. The van der Waals surface area contributed by atoms with Gasteiger partial charge in [-0.15, -0.1) is 5.10 Å². The molecular weight excluding hydrogens is 342 g/mol. The van der Waals surface area contributed by atoms with Crippen LogP contribution in [0.4, 0.5) is 0 Å². The third-order valence-electron chi connectivity index (χ3n) is 4.93. The molecular formula is C20H21N5O2. The van der Waals surface area contributed by atoms with E-state index < -0.39 is 6.04 Å². The van der Waals surface area contributed by atoms with Crippen LogP contribution in [0.15, 0.2) is 48.5 Å². The van der Waals surface area contributed by atoms with E-state index in [-0.39, 0.29) is 11.8 Å². The molecule has 1 fully saturated rings. The fourth-order valence-corrected chi connectivity index (χ4v) is 3.46. The zero-order valence-electron chi connectivity index (χ0n) is 15.1. The maximum absolute atomic E-state index is 12.8. The van der Waals surface area contributed by atoms with Gasteiger partial charge in [-0.05, 0) is 36.6 Å². The minimum absolute atomic E-state index is 0.0287. The number of amides is 2. The van der Waals surface area contributed by atoms with Gasteiger partial charge in [-0.3, -0.25) is 9.59 Å². The van der Waals surface area contributed by atoms with E-state index >= 15 is 0 Å². The van der Waals surface area contributed by atoms with E-state index in [1.54, 1.807) is 23.9 Å². The van der Waals surface area contributed by atoms with Crippen LogP contribution < -0.4 is 5.32 Å². The van der Waals surface area contributed by atoms with Crippen molar-refractivity contribution in [2.75, 3.05) is 6.54 Å². The van der Waals surface area contributed by atoms with Crippen molar-refractivity contribution in [1.82, 2.24) is 25.2 Å². The van der Waals surface area contributed by atoms with Crippen LogP contribution in [0.25, 0.3) is 11.0 Å². The number of aromatic nitrogens is 3. The molecule has 1 aromatic heterocycles. The van der Waals surface area contributed by atoms with Gasteiger partial charge in [0.2, 0.25) is 5.91 Å². The molecule has 1 aliphatic rings. The van der Waals surface area contributed by atoms with Gasteiger partial charge in [-0.1, -0.05) is 35.5 Å². The Morgan fingerprint density at radius 2 is 2.04 bits per heavy atom. The summed E-state index contributed by atoms with van der Waals surface area (Å²) in [5, 5.41) is 10.9. The number of benzene rings is 2. The molecule has 7 nitrogen and oxygen atoms in total. The Bertz CT molecular complexity index is 982. The molecule has 4 rings (SSSR count). The Morgan fingerprint density at radius 3 is 2.85 bits per heavy atom. The van der Waals surface area contributed by atoms with E-state index in [0.717, 1.165) is 17.5 Å². The average molecular weight is 363 g/mol. The standard InChI is InChI=1S/C20H21N5O2/c1-24-18-10-9-15(12-17(18)22-23-24)19(26)21-16-8-5-11-25(20(16)27)13-14-6-3-2-4-7-14/h2-4,6-7,9-10,12,16H,5,8,11,13H2,1H3,(H,21,26). The van der Waals surface area contributed by atoms with Crippen LogP contribution in [0.5, 0.6) is 0 Å². The maximum atomic E-state index is 12.8. The number of aryl methyl sites for hydroxylation is 1. The normalized spacial score (nSPS) is 17.3. The highest BCUT2D eigenvalue weighted by molar-refractivity contribution is 5.99. The molecule has 1 unspecified atom stereocenters. The summed E-state index contributed by atoms with van der Waals surface area (Å²) in [7, 11) is 1.80. The molecule has 0 bridgehead atoms. The van der Waals surface area contributed by atoms with Crippen molar-refractivity contribution in [2.45, 2.75) is 25.4 Å². The quantitative estimate of drug-likeness (QED) is 0.768. The second-order valence-corrected chi connectivity index (χ2v) is 6.83. The van der Waals surface area contributed by atoms with Crippen molar-refractivity contribution in [3.8, 4) is 0 Å². The van der Waals surface area contributed by atoms with Crippen molar-refractivity contribution in [3.05, 3.63) is 59.7 Å². The monoisotopic (exact) mass is 363 g/mol. The summed E-state index contributed by atoms with van der Waals surface area (Å²) in [5.74, 6) is -0.290. The van der Waals surface area contributed by atoms with Crippen LogP contribution in [0.1, 0.15) is 28.8 Å². The summed E-state index contributed by atoms with van der Waals surface area (Å²) in [6.07, 6.45) is 1.52. The number of carbonyl (C=O) groups excluding carboxylic acids is 2. The van der Waals surface area contributed by atoms with Gasteiger partial charge in [0.05, 0.1) is 5.52 Å². The number of hydrogen-bond acceptors (Lipinski definition) is 4. The first-order valence-electron chi connectivity index (χ1n) is 9.05. The number of rotatable bonds is 4. The summed E-state index contributed by atoms with van der Waals surface area (Å²) in [5.41, 5.74) is 3.09. The molecule has 0 saturated carbocycles. The van der Waals surface area contributed by atoms with Crippen LogP contribution >= 0.6 is 0 Å². The minimum atomic E-state index is -0.493. The second kappa shape index (κ2) is 7.19. The van der Waals surface area contributed by atoms with E-state index in [9.17, 15) is 9.59 Å². The Balaban J connectivity index is 1.45. The first-order valence-corrected chi connectivity index (χ1v) is 9.05. The zero-order chi connectivity index (χ0) is 18.8. The van der Waals surface area contributed by atoms with E-state index in [0.29, 0.717) is 30.6 Å². The number of nitrogens with one attached hydrogen (secondary N) is 1. The summed E-state index contributed by atoms with van der Waals surface area (Å²) in [6, 6.07) is 14.7. The molecule has 0 spiro atoms. The van der Waals surface area contributed by atoms with E-state index in [1.807, 2.05) is 41.3 Å².